The van der Waals surface area contributed by atoms with Crippen molar-refractivity contribution in [2.75, 3.05) is 11.9 Å². The summed E-state index contributed by atoms with van der Waals surface area (Å²) in [6.07, 6.45) is 0. The largest absolute Gasteiger partial charge is 0.483 e. The number of aryl methyl sites for hydroxylation is 1. The Labute approximate surface area is 185 Å². The SMILES string of the molecule is Cc1ccccc1OCC(=O)Nc1nnc(SCc2ccccc2)n1-c1ccccc1. The molecule has 0 aliphatic carbocycles. The minimum Gasteiger partial charge on any atom is -0.483 e. The van der Waals surface area contributed by atoms with Crippen molar-refractivity contribution >= 4 is 23.6 Å². The van der Waals surface area contributed by atoms with Gasteiger partial charge in [0, 0.05) is 5.75 Å². The van der Waals surface area contributed by atoms with Gasteiger partial charge in [-0.2, -0.15) is 0 Å². The van der Waals surface area contributed by atoms with Crippen LogP contribution in [0.4, 0.5) is 5.95 Å². The van der Waals surface area contributed by atoms with Crippen molar-refractivity contribution in [3.8, 4) is 11.4 Å². The summed E-state index contributed by atoms with van der Waals surface area (Å²) >= 11 is 1.56. The number of benzene rings is 3. The first-order chi connectivity index (χ1) is 15.2. The van der Waals surface area contributed by atoms with Crippen LogP contribution >= 0.6 is 11.8 Å². The maximum atomic E-state index is 12.5. The van der Waals surface area contributed by atoms with Gasteiger partial charge in [-0.25, -0.2) is 0 Å². The molecule has 0 atom stereocenters. The number of rotatable bonds is 8. The molecule has 1 N–H and O–H groups in total. The number of para-hydroxylation sites is 2. The fraction of sp³-hybridized carbons (Fsp3) is 0.125. The van der Waals surface area contributed by atoms with E-state index in [0.717, 1.165) is 17.0 Å². The molecule has 0 radical (unpaired) electrons. The summed E-state index contributed by atoms with van der Waals surface area (Å²) in [6, 6.07) is 27.5. The average Bonchev–Trinajstić information content (AvgIpc) is 3.20. The van der Waals surface area contributed by atoms with E-state index in [4.69, 9.17) is 4.74 Å². The molecule has 0 saturated heterocycles. The van der Waals surface area contributed by atoms with Gasteiger partial charge in [-0.15, -0.1) is 10.2 Å². The highest BCUT2D eigenvalue weighted by molar-refractivity contribution is 7.98. The van der Waals surface area contributed by atoms with Gasteiger partial charge >= 0.3 is 0 Å². The van der Waals surface area contributed by atoms with Gasteiger partial charge in [-0.3, -0.25) is 14.7 Å². The van der Waals surface area contributed by atoms with E-state index in [2.05, 4.69) is 27.6 Å². The molecular weight excluding hydrogens is 408 g/mol. The van der Waals surface area contributed by atoms with Crippen molar-refractivity contribution in [3.63, 3.8) is 0 Å². The van der Waals surface area contributed by atoms with Crippen molar-refractivity contribution in [3.05, 3.63) is 96.1 Å². The smallest absolute Gasteiger partial charge is 0.264 e. The van der Waals surface area contributed by atoms with Crippen molar-refractivity contribution in [2.45, 2.75) is 17.8 Å². The molecule has 0 spiro atoms. The van der Waals surface area contributed by atoms with Gasteiger partial charge in [0.2, 0.25) is 5.95 Å². The van der Waals surface area contributed by atoms with E-state index < -0.39 is 0 Å². The molecule has 0 aliphatic rings. The van der Waals surface area contributed by atoms with Crippen LogP contribution in [0.1, 0.15) is 11.1 Å². The van der Waals surface area contributed by atoms with Crippen LogP contribution in [0.2, 0.25) is 0 Å². The predicted molar refractivity (Wildman–Crippen MR) is 123 cm³/mol. The zero-order chi connectivity index (χ0) is 21.5. The van der Waals surface area contributed by atoms with Crippen LogP contribution in [-0.2, 0) is 10.5 Å². The van der Waals surface area contributed by atoms with E-state index in [0.29, 0.717) is 16.9 Å². The molecule has 0 fully saturated rings. The number of aromatic nitrogens is 3. The van der Waals surface area contributed by atoms with Crippen molar-refractivity contribution < 1.29 is 9.53 Å². The lowest BCUT2D eigenvalue weighted by Gasteiger charge is -2.12. The summed E-state index contributed by atoms with van der Waals surface area (Å²) in [5, 5.41) is 12.1. The van der Waals surface area contributed by atoms with Gasteiger partial charge in [0.05, 0.1) is 5.69 Å². The molecule has 6 nitrogen and oxygen atoms in total. The molecule has 4 rings (SSSR count). The third-order valence-electron chi connectivity index (χ3n) is 4.56. The third kappa shape index (κ3) is 5.32. The number of amides is 1. The number of nitrogens with zero attached hydrogens (tertiary/aromatic N) is 3. The maximum Gasteiger partial charge on any atom is 0.264 e. The molecule has 0 aliphatic heterocycles. The molecule has 4 aromatic rings. The fourth-order valence-corrected chi connectivity index (χ4v) is 3.91. The van der Waals surface area contributed by atoms with E-state index in [9.17, 15) is 4.79 Å². The van der Waals surface area contributed by atoms with Gasteiger partial charge in [0.1, 0.15) is 5.75 Å². The Morgan fingerprint density at radius 1 is 0.935 bits per heavy atom. The maximum absolute atomic E-state index is 12.5. The lowest BCUT2D eigenvalue weighted by atomic mass is 10.2. The first kappa shape index (κ1) is 20.7. The van der Waals surface area contributed by atoms with Gasteiger partial charge in [0.15, 0.2) is 11.8 Å². The van der Waals surface area contributed by atoms with Crippen LogP contribution in [0.3, 0.4) is 0 Å². The lowest BCUT2D eigenvalue weighted by Crippen LogP contribution is -2.22. The Kier molecular flexibility index (Phi) is 6.64. The second-order valence-electron chi connectivity index (χ2n) is 6.85. The quantitative estimate of drug-likeness (QED) is 0.403. The summed E-state index contributed by atoms with van der Waals surface area (Å²) in [5.41, 5.74) is 3.04. The Hall–Kier alpha value is -3.58. The van der Waals surface area contributed by atoms with Crippen molar-refractivity contribution in [1.29, 1.82) is 0 Å². The van der Waals surface area contributed by atoms with Crippen molar-refractivity contribution in [2.24, 2.45) is 0 Å². The topological polar surface area (TPSA) is 69.0 Å². The van der Waals surface area contributed by atoms with E-state index >= 15 is 0 Å². The summed E-state index contributed by atoms with van der Waals surface area (Å²) in [6.45, 7) is 1.83. The number of thioether (sulfide) groups is 1. The highest BCUT2D eigenvalue weighted by Crippen LogP contribution is 2.27. The number of anilines is 1. The van der Waals surface area contributed by atoms with Gasteiger partial charge in [0.25, 0.3) is 5.91 Å². The molecule has 1 aromatic heterocycles. The Morgan fingerprint density at radius 3 is 2.35 bits per heavy atom. The number of carbonyl (C=O) groups is 1. The van der Waals surface area contributed by atoms with Crippen LogP contribution in [0.5, 0.6) is 5.75 Å². The van der Waals surface area contributed by atoms with Crippen LogP contribution in [-0.4, -0.2) is 27.3 Å². The Bertz CT molecular complexity index is 1150. The average molecular weight is 431 g/mol. The summed E-state index contributed by atoms with van der Waals surface area (Å²) < 4.78 is 7.50. The number of ether oxygens (including phenoxy) is 1. The highest BCUT2D eigenvalue weighted by Gasteiger charge is 2.17. The third-order valence-corrected chi connectivity index (χ3v) is 5.56. The molecule has 156 valence electrons. The monoisotopic (exact) mass is 430 g/mol. The second kappa shape index (κ2) is 9.95. The molecule has 0 unspecified atom stereocenters. The lowest BCUT2D eigenvalue weighted by molar-refractivity contribution is -0.118. The van der Waals surface area contributed by atoms with E-state index in [-0.39, 0.29) is 12.5 Å². The summed E-state index contributed by atoms with van der Waals surface area (Å²) in [4.78, 5) is 12.5. The molecule has 1 heterocycles. The van der Waals surface area contributed by atoms with Crippen LogP contribution in [0, 0.1) is 6.92 Å². The zero-order valence-electron chi connectivity index (χ0n) is 17.1. The van der Waals surface area contributed by atoms with Gasteiger partial charge in [-0.05, 0) is 36.2 Å². The van der Waals surface area contributed by atoms with Gasteiger partial charge in [-0.1, -0.05) is 78.5 Å². The number of hydrogen-bond acceptors (Lipinski definition) is 5. The summed E-state index contributed by atoms with van der Waals surface area (Å²) in [5.74, 6) is 1.49. The molecule has 1 amide bonds. The van der Waals surface area contributed by atoms with E-state index in [1.54, 1.807) is 11.8 Å². The van der Waals surface area contributed by atoms with Crippen molar-refractivity contribution in [1.82, 2.24) is 14.8 Å². The first-order valence-corrected chi connectivity index (χ1v) is 10.8. The zero-order valence-corrected chi connectivity index (χ0v) is 17.9. The number of hydrogen-bond donors (Lipinski definition) is 1. The van der Waals surface area contributed by atoms with E-state index in [1.165, 1.54) is 5.56 Å². The standard InChI is InChI=1S/C24H22N4O2S/c1-18-10-8-9-15-21(18)30-16-22(29)25-23-26-27-24(28(23)20-13-6-3-7-14-20)31-17-19-11-4-2-5-12-19/h2-15H,16-17H2,1H3,(H,25,26,29). The van der Waals surface area contributed by atoms with Crippen LogP contribution < -0.4 is 10.1 Å². The molecule has 0 saturated carbocycles. The Morgan fingerprint density at radius 2 is 1.61 bits per heavy atom. The van der Waals surface area contributed by atoms with E-state index in [1.807, 2.05) is 84.3 Å². The minimum atomic E-state index is -0.299. The molecule has 7 heteroatoms. The predicted octanol–water partition coefficient (Wildman–Crippen LogP) is 4.89. The van der Waals surface area contributed by atoms with Gasteiger partial charge < -0.3 is 4.74 Å². The fourth-order valence-electron chi connectivity index (χ4n) is 3.00. The molecule has 3 aromatic carbocycles. The Balaban J connectivity index is 1.50. The second-order valence-corrected chi connectivity index (χ2v) is 7.80. The first-order valence-electron chi connectivity index (χ1n) is 9.86. The molecular formula is C24H22N4O2S. The van der Waals surface area contributed by atoms with Crippen LogP contribution in [0.15, 0.2) is 90.1 Å². The summed E-state index contributed by atoms with van der Waals surface area (Å²) in [7, 11) is 0. The number of nitrogens with one attached hydrogen (secondary N) is 1. The minimum absolute atomic E-state index is 0.112. The molecule has 0 bridgehead atoms. The number of carbonyl (C=O) groups excluding carboxylic acids is 1. The normalized spacial score (nSPS) is 10.6. The highest BCUT2D eigenvalue weighted by atomic mass is 32.2. The molecule has 31 heavy (non-hydrogen) atoms. The van der Waals surface area contributed by atoms with Crippen LogP contribution in [0.25, 0.3) is 5.69 Å².